The third-order valence-corrected chi connectivity index (χ3v) is 2.53. The highest BCUT2D eigenvalue weighted by Crippen LogP contribution is 2.17. The summed E-state index contributed by atoms with van der Waals surface area (Å²) in [6.07, 6.45) is 0.128. The lowest BCUT2D eigenvalue weighted by atomic mass is 10.1. The number of hydrogen-bond donors (Lipinski definition) is 2. The molecule has 0 saturated heterocycles. The van der Waals surface area contributed by atoms with E-state index in [2.05, 4.69) is 5.32 Å². The zero-order valence-corrected chi connectivity index (χ0v) is 10.2. The van der Waals surface area contributed by atoms with Gasteiger partial charge in [-0.2, -0.15) is 0 Å². The number of amides is 1. The summed E-state index contributed by atoms with van der Waals surface area (Å²) in [6, 6.07) is 5.30. The Hall–Kier alpha value is -1.06. The minimum atomic E-state index is -0.409. The molecule has 1 aromatic carbocycles. The number of aliphatic hydroxyl groups excluding tert-OH is 1. The van der Waals surface area contributed by atoms with E-state index in [0.29, 0.717) is 23.6 Å². The van der Waals surface area contributed by atoms with Gasteiger partial charge in [-0.1, -0.05) is 17.7 Å². The second-order valence-electron chi connectivity index (χ2n) is 3.88. The van der Waals surface area contributed by atoms with Crippen molar-refractivity contribution < 1.29 is 9.90 Å². The van der Waals surface area contributed by atoms with Crippen LogP contribution in [0.15, 0.2) is 18.2 Å². The van der Waals surface area contributed by atoms with Gasteiger partial charge in [0.2, 0.25) is 0 Å². The minimum Gasteiger partial charge on any atom is -0.393 e. The van der Waals surface area contributed by atoms with Crippen LogP contribution in [0, 0.1) is 6.92 Å². The Morgan fingerprint density at radius 3 is 2.81 bits per heavy atom. The second-order valence-corrected chi connectivity index (χ2v) is 4.28. The van der Waals surface area contributed by atoms with Gasteiger partial charge >= 0.3 is 0 Å². The fraction of sp³-hybridized carbons (Fsp3) is 0.417. The molecule has 1 aromatic rings. The van der Waals surface area contributed by atoms with E-state index in [9.17, 15) is 4.79 Å². The van der Waals surface area contributed by atoms with Crippen molar-refractivity contribution in [1.29, 1.82) is 0 Å². The SMILES string of the molecule is Cc1ccc(C(=O)NCCC(C)O)c(Cl)c1. The third-order valence-electron chi connectivity index (χ3n) is 2.22. The van der Waals surface area contributed by atoms with Crippen LogP contribution in [-0.2, 0) is 0 Å². The number of carbonyl (C=O) groups excluding carboxylic acids is 1. The highest BCUT2D eigenvalue weighted by Gasteiger charge is 2.09. The maximum absolute atomic E-state index is 11.7. The second kappa shape index (κ2) is 5.87. The Morgan fingerprint density at radius 1 is 1.56 bits per heavy atom. The van der Waals surface area contributed by atoms with E-state index in [0.717, 1.165) is 5.56 Å². The van der Waals surface area contributed by atoms with Crippen molar-refractivity contribution in [3.05, 3.63) is 34.3 Å². The van der Waals surface area contributed by atoms with Crippen molar-refractivity contribution in [3.63, 3.8) is 0 Å². The number of rotatable bonds is 4. The fourth-order valence-electron chi connectivity index (χ4n) is 1.29. The normalized spacial score (nSPS) is 12.2. The van der Waals surface area contributed by atoms with Crippen LogP contribution in [0.5, 0.6) is 0 Å². The maximum atomic E-state index is 11.7. The van der Waals surface area contributed by atoms with Crippen molar-refractivity contribution in [1.82, 2.24) is 5.32 Å². The highest BCUT2D eigenvalue weighted by atomic mass is 35.5. The standard InChI is InChI=1S/C12H16ClNO2/c1-8-3-4-10(11(13)7-8)12(16)14-6-5-9(2)15/h3-4,7,9,15H,5-6H2,1-2H3,(H,14,16). The van der Waals surface area contributed by atoms with Gasteiger partial charge in [0, 0.05) is 6.54 Å². The summed E-state index contributed by atoms with van der Waals surface area (Å²) >= 11 is 5.96. The molecule has 1 rings (SSSR count). The molecular formula is C12H16ClNO2. The largest absolute Gasteiger partial charge is 0.393 e. The van der Waals surface area contributed by atoms with Crippen molar-refractivity contribution in [2.45, 2.75) is 26.4 Å². The fourth-order valence-corrected chi connectivity index (χ4v) is 1.62. The molecule has 0 bridgehead atoms. The van der Waals surface area contributed by atoms with E-state index in [1.807, 2.05) is 13.0 Å². The molecule has 0 heterocycles. The molecule has 0 saturated carbocycles. The zero-order valence-electron chi connectivity index (χ0n) is 9.46. The number of carbonyl (C=O) groups is 1. The number of aryl methyl sites for hydroxylation is 1. The predicted molar refractivity (Wildman–Crippen MR) is 64.8 cm³/mol. The number of hydrogen-bond acceptors (Lipinski definition) is 2. The van der Waals surface area contributed by atoms with Crippen molar-refractivity contribution in [2.75, 3.05) is 6.54 Å². The molecule has 16 heavy (non-hydrogen) atoms. The number of aliphatic hydroxyl groups is 1. The van der Waals surface area contributed by atoms with Gasteiger partial charge < -0.3 is 10.4 Å². The van der Waals surface area contributed by atoms with E-state index in [1.165, 1.54) is 0 Å². The topological polar surface area (TPSA) is 49.3 Å². The van der Waals surface area contributed by atoms with Gasteiger partial charge in [0.05, 0.1) is 16.7 Å². The van der Waals surface area contributed by atoms with E-state index < -0.39 is 6.10 Å². The van der Waals surface area contributed by atoms with E-state index in [4.69, 9.17) is 16.7 Å². The van der Waals surface area contributed by atoms with Gasteiger partial charge in [-0.05, 0) is 38.0 Å². The van der Waals surface area contributed by atoms with Crippen LogP contribution in [-0.4, -0.2) is 23.7 Å². The lowest BCUT2D eigenvalue weighted by molar-refractivity contribution is 0.0945. The molecule has 0 aliphatic heterocycles. The molecule has 0 spiro atoms. The molecule has 1 amide bonds. The average Bonchev–Trinajstić information content (AvgIpc) is 2.16. The number of benzene rings is 1. The van der Waals surface area contributed by atoms with Gasteiger partial charge in [-0.25, -0.2) is 0 Å². The molecule has 1 atom stereocenters. The molecule has 0 radical (unpaired) electrons. The molecule has 2 N–H and O–H groups in total. The number of halogens is 1. The average molecular weight is 242 g/mol. The minimum absolute atomic E-state index is 0.203. The summed E-state index contributed by atoms with van der Waals surface area (Å²) in [5.74, 6) is -0.203. The van der Waals surface area contributed by atoms with Crippen LogP contribution in [0.4, 0.5) is 0 Å². The summed E-state index contributed by atoms with van der Waals surface area (Å²) in [6.45, 7) is 4.05. The predicted octanol–water partition coefficient (Wildman–Crippen LogP) is 2.15. The smallest absolute Gasteiger partial charge is 0.252 e. The van der Waals surface area contributed by atoms with Crippen LogP contribution in [0.2, 0.25) is 5.02 Å². The van der Waals surface area contributed by atoms with Crippen molar-refractivity contribution >= 4 is 17.5 Å². The van der Waals surface area contributed by atoms with Crippen LogP contribution < -0.4 is 5.32 Å². The van der Waals surface area contributed by atoms with E-state index in [1.54, 1.807) is 19.1 Å². The zero-order chi connectivity index (χ0) is 12.1. The van der Waals surface area contributed by atoms with Crippen molar-refractivity contribution in [2.24, 2.45) is 0 Å². The van der Waals surface area contributed by atoms with E-state index >= 15 is 0 Å². The van der Waals surface area contributed by atoms with Gasteiger partial charge in [0.25, 0.3) is 5.91 Å². The van der Waals surface area contributed by atoms with E-state index in [-0.39, 0.29) is 5.91 Å². The third kappa shape index (κ3) is 3.83. The molecular weight excluding hydrogens is 226 g/mol. The summed E-state index contributed by atoms with van der Waals surface area (Å²) in [7, 11) is 0. The first kappa shape index (κ1) is 13.0. The van der Waals surface area contributed by atoms with Crippen LogP contribution in [0.1, 0.15) is 29.3 Å². The molecule has 88 valence electrons. The first-order valence-corrected chi connectivity index (χ1v) is 5.61. The van der Waals surface area contributed by atoms with Crippen LogP contribution in [0.25, 0.3) is 0 Å². The summed E-state index contributed by atoms with van der Waals surface area (Å²) in [5.41, 5.74) is 1.49. The maximum Gasteiger partial charge on any atom is 0.252 e. The summed E-state index contributed by atoms with van der Waals surface area (Å²) in [4.78, 5) is 11.7. The molecule has 0 aromatic heterocycles. The first-order chi connectivity index (χ1) is 7.50. The Balaban J connectivity index is 2.59. The summed E-state index contributed by atoms with van der Waals surface area (Å²) in [5, 5.41) is 12.2. The molecule has 3 nitrogen and oxygen atoms in total. The molecule has 4 heteroatoms. The Bertz CT molecular complexity index is 377. The Kier molecular flexibility index (Phi) is 4.77. The summed E-state index contributed by atoms with van der Waals surface area (Å²) < 4.78 is 0. The first-order valence-electron chi connectivity index (χ1n) is 5.23. The molecule has 0 aliphatic rings. The lowest BCUT2D eigenvalue weighted by Gasteiger charge is -2.08. The van der Waals surface area contributed by atoms with Crippen LogP contribution in [0.3, 0.4) is 0 Å². The van der Waals surface area contributed by atoms with Gasteiger partial charge in [0.1, 0.15) is 0 Å². The quantitative estimate of drug-likeness (QED) is 0.849. The van der Waals surface area contributed by atoms with Gasteiger partial charge in [0.15, 0.2) is 0 Å². The van der Waals surface area contributed by atoms with Crippen LogP contribution >= 0.6 is 11.6 Å². The van der Waals surface area contributed by atoms with Crippen molar-refractivity contribution in [3.8, 4) is 0 Å². The number of nitrogens with one attached hydrogen (secondary N) is 1. The molecule has 1 unspecified atom stereocenters. The monoisotopic (exact) mass is 241 g/mol. The van der Waals surface area contributed by atoms with Gasteiger partial charge in [-0.15, -0.1) is 0 Å². The Labute approximate surface area is 100 Å². The lowest BCUT2D eigenvalue weighted by Crippen LogP contribution is -2.26. The Morgan fingerprint density at radius 2 is 2.25 bits per heavy atom. The molecule has 0 aliphatic carbocycles. The van der Waals surface area contributed by atoms with Gasteiger partial charge in [-0.3, -0.25) is 4.79 Å². The molecule has 0 fully saturated rings. The highest BCUT2D eigenvalue weighted by molar-refractivity contribution is 6.33.